The Hall–Kier alpha value is -0.0800. The maximum Gasteiger partial charge on any atom is 0.0672 e. The van der Waals surface area contributed by atoms with Crippen molar-refractivity contribution in [1.82, 2.24) is 0 Å². The van der Waals surface area contributed by atoms with Gasteiger partial charge in [0.15, 0.2) is 0 Å². The van der Waals surface area contributed by atoms with Crippen molar-refractivity contribution < 1.29 is 4.74 Å². The van der Waals surface area contributed by atoms with Crippen LogP contribution in [0.5, 0.6) is 0 Å². The number of hydrogen-bond donors (Lipinski definition) is 1. The predicted octanol–water partition coefficient (Wildman–Crippen LogP) is 0.616. The van der Waals surface area contributed by atoms with Crippen LogP contribution in [-0.2, 0) is 4.74 Å². The summed E-state index contributed by atoms with van der Waals surface area (Å²) >= 11 is 0. The van der Waals surface area contributed by atoms with Gasteiger partial charge in [0.1, 0.15) is 0 Å². The molecule has 1 aliphatic carbocycles. The Morgan fingerprint density at radius 1 is 1.56 bits per heavy atom. The van der Waals surface area contributed by atoms with Crippen LogP contribution in [0, 0.1) is 11.3 Å². The summed E-state index contributed by atoms with van der Waals surface area (Å²) in [4.78, 5) is 0. The van der Waals surface area contributed by atoms with Gasteiger partial charge in [0.05, 0.1) is 6.10 Å². The molecule has 0 heterocycles. The van der Waals surface area contributed by atoms with Gasteiger partial charge in [0, 0.05) is 13.0 Å². The molecule has 9 heavy (non-hydrogen) atoms. The first-order valence-corrected chi connectivity index (χ1v) is 3.37. The lowest BCUT2D eigenvalue weighted by molar-refractivity contribution is 0.148. The molecule has 2 heteroatoms. The summed E-state index contributed by atoms with van der Waals surface area (Å²) in [6, 6.07) is 0. The summed E-state index contributed by atoms with van der Waals surface area (Å²) in [5.74, 6) is 0.586. The number of rotatable bonds is 2. The fourth-order valence-corrected chi connectivity index (χ4v) is 1.59. The molecule has 0 amide bonds. The van der Waals surface area contributed by atoms with Crippen molar-refractivity contribution in [3.05, 3.63) is 0 Å². The molecule has 2 atom stereocenters. The van der Waals surface area contributed by atoms with Crippen molar-refractivity contribution in [2.45, 2.75) is 20.0 Å². The highest BCUT2D eigenvalue weighted by atomic mass is 16.5. The average Bonchev–Trinajstić information content (AvgIpc) is 2.32. The van der Waals surface area contributed by atoms with E-state index < -0.39 is 0 Å². The monoisotopic (exact) mass is 129 g/mol. The van der Waals surface area contributed by atoms with Crippen molar-refractivity contribution in [2.24, 2.45) is 17.1 Å². The molecule has 54 valence electrons. The minimum atomic E-state index is 0.337. The van der Waals surface area contributed by atoms with Gasteiger partial charge in [-0.2, -0.15) is 0 Å². The molecule has 0 radical (unpaired) electrons. The SMILES string of the molecule is CO[C@H]1[C@@H](CN)C1(C)C. The minimum absolute atomic E-state index is 0.337. The smallest absolute Gasteiger partial charge is 0.0672 e. The maximum atomic E-state index is 5.50. The molecule has 0 aromatic rings. The van der Waals surface area contributed by atoms with Crippen molar-refractivity contribution in [3.8, 4) is 0 Å². The lowest BCUT2D eigenvalue weighted by Crippen LogP contribution is -2.05. The fraction of sp³-hybridized carbons (Fsp3) is 1.00. The van der Waals surface area contributed by atoms with Gasteiger partial charge in [-0.05, 0) is 12.0 Å². The van der Waals surface area contributed by atoms with Gasteiger partial charge >= 0.3 is 0 Å². The quantitative estimate of drug-likeness (QED) is 0.593. The van der Waals surface area contributed by atoms with Gasteiger partial charge in [0.2, 0.25) is 0 Å². The molecule has 0 bridgehead atoms. The molecule has 1 rings (SSSR count). The van der Waals surface area contributed by atoms with Crippen LogP contribution in [0.1, 0.15) is 13.8 Å². The molecule has 1 aliphatic rings. The Morgan fingerprint density at radius 3 is 2.22 bits per heavy atom. The summed E-state index contributed by atoms with van der Waals surface area (Å²) in [6.45, 7) is 5.14. The van der Waals surface area contributed by atoms with Crippen LogP contribution in [0.15, 0.2) is 0 Å². The van der Waals surface area contributed by atoms with E-state index in [9.17, 15) is 0 Å². The molecule has 2 nitrogen and oxygen atoms in total. The van der Waals surface area contributed by atoms with E-state index in [1.54, 1.807) is 7.11 Å². The summed E-state index contributed by atoms with van der Waals surface area (Å²) in [5, 5.41) is 0. The van der Waals surface area contributed by atoms with E-state index in [2.05, 4.69) is 13.8 Å². The Balaban J connectivity index is 2.45. The maximum absolute atomic E-state index is 5.50. The molecular weight excluding hydrogens is 114 g/mol. The van der Waals surface area contributed by atoms with Crippen molar-refractivity contribution in [2.75, 3.05) is 13.7 Å². The van der Waals surface area contributed by atoms with Crippen LogP contribution in [0.4, 0.5) is 0 Å². The predicted molar refractivity (Wildman–Crippen MR) is 37.1 cm³/mol. The van der Waals surface area contributed by atoms with Gasteiger partial charge in [-0.25, -0.2) is 0 Å². The van der Waals surface area contributed by atoms with E-state index in [0.29, 0.717) is 17.4 Å². The van der Waals surface area contributed by atoms with Gasteiger partial charge in [0.25, 0.3) is 0 Å². The summed E-state index contributed by atoms with van der Waals surface area (Å²) in [6.07, 6.45) is 0.405. The standard InChI is InChI=1S/C7H15NO/c1-7(2)5(4-8)6(7)9-3/h5-6H,4,8H2,1-3H3/t5-,6+/m1/s1. The van der Waals surface area contributed by atoms with E-state index in [-0.39, 0.29) is 0 Å². The van der Waals surface area contributed by atoms with Crippen molar-refractivity contribution in [1.29, 1.82) is 0 Å². The Kier molecular flexibility index (Phi) is 1.53. The zero-order valence-electron chi connectivity index (χ0n) is 6.35. The van der Waals surface area contributed by atoms with Gasteiger partial charge in [-0.1, -0.05) is 13.8 Å². The highest BCUT2D eigenvalue weighted by molar-refractivity contribution is 5.07. The fourth-order valence-electron chi connectivity index (χ4n) is 1.59. The van der Waals surface area contributed by atoms with Gasteiger partial charge in [-0.3, -0.25) is 0 Å². The zero-order valence-corrected chi connectivity index (χ0v) is 6.35. The lowest BCUT2D eigenvalue weighted by atomic mass is 10.1. The number of nitrogens with two attached hydrogens (primary N) is 1. The van der Waals surface area contributed by atoms with Crippen molar-refractivity contribution in [3.63, 3.8) is 0 Å². The topological polar surface area (TPSA) is 35.2 Å². The number of methoxy groups -OCH3 is 1. The largest absolute Gasteiger partial charge is 0.381 e. The normalized spacial score (nSPS) is 38.7. The van der Waals surface area contributed by atoms with Crippen LogP contribution in [0.3, 0.4) is 0 Å². The van der Waals surface area contributed by atoms with Crippen LogP contribution < -0.4 is 5.73 Å². The third-order valence-electron chi connectivity index (χ3n) is 2.45. The van der Waals surface area contributed by atoms with E-state index in [0.717, 1.165) is 6.54 Å². The Morgan fingerprint density at radius 2 is 2.11 bits per heavy atom. The van der Waals surface area contributed by atoms with E-state index >= 15 is 0 Å². The lowest BCUT2D eigenvalue weighted by Gasteiger charge is -1.97. The highest BCUT2D eigenvalue weighted by Gasteiger charge is 2.57. The number of hydrogen-bond acceptors (Lipinski definition) is 2. The van der Waals surface area contributed by atoms with Crippen molar-refractivity contribution >= 4 is 0 Å². The molecule has 0 saturated heterocycles. The second kappa shape index (κ2) is 1.96. The molecule has 0 aliphatic heterocycles. The molecular formula is C7H15NO. The second-order valence-electron chi connectivity index (χ2n) is 3.32. The molecule has 1 fully saturated rings. The first-order valence-electron chi connectivity index (χ1n) is 3.37. The molecule has 0 aromatic carbocycles. The molecule has 2 N–H and O–H groups in total. The first kappa shape index (κ1) is 7.03. The summed E-state index contributed by atoms with van der Waals surface area (Å²) < 4.78 is 5.20. The van der Waals surface area contributed by atoms with E-state index in [4.69, 9.17) is 10.5 Å². The molecule has 1 saturated carbocycles. The van der Waals surface area contributed by atoms with Crippen LogP contribution >= 0.6 is 0 Å². The number of ether oxygens (including phenoxy) is 1. The third kappa shape index (κ3) is 0.864. The average molecular weight is 129 g/mol. The Bertz CT molecular complexity index is 99.5. The van der Waals surface area contributed by atoms with E-state index in [1.165, 1.54) is 0 Å². The second-order valence-corrected chi connectivity index (χ2v) is 3.32. The highest BCUT2D eigenvalue weighted by Crippen LogP contribution is 2.52. The zero-order chi connectivity index (χ0) is 7.07. The molecule has 0 unspecified atom stereocenters. The van der Waals surface area contributed by atoms with Crippen LogP contribution in [0.25, 0.3) is 0 Å². The van der Waals surface area contributed by atoms with E-state index in [1.807, 2.05) is 0 Å². The van der Waals surface area contributed by atoms with Gasteiger partial charge < -0.3 is 10.5 Å². The third-order valence-corrected chi connectivity index (χ3v) is 2.45. The van der Waals surface area contributed by atoms with Crippen LogP contribution in [-0.4, -0.2) is 19.8 Å². The Labute approximate surface area is 56.4 Å². The molecule has 0 spiro atoms. The minimum Gasteiger partial charge on any atom is -0.381 e. The summed E-state index contributed by atoms with van der Waals surface area (Å²) in [7, 11) is 1.75. The first-order chi connectivity index (χ1) is 4.14. The summed E-state index contributed by atoms with van der Waals surface area (Å²) in [5.41, 5.74) is 5.83. The van der Waals surface area contributed by atoms with Gasteiger partial charge in [-0.15, -0.1) is 0 Å². The molecule has 0 aromatic heterocycles. The van der Waals surface area contributed by atoms with Crippen LogP contribution in [0.2, 0.25) is 0 Å².